The highest BCUT2D eigenvalue weighted by Gasteiger charge is 2.24. The van der Waals surface area contributed by atoms with Crippen LogP contribution >= 0.6 is 0 Å². The molecule has 1 aromatic heterocycles. The number of amides is 1. The summed E-state index contributed by atoms with van der Waals surface area (Å²) in [6.45, 7) is 0. The number of nitrogens with one attached hydrogen (secondary N) is 2. The smallest absolute Gasteiger partial charge is 0.274 e. The fourth-order valence-corrected chi connectivity index (χ4v) is 2.80. The van der Waals surface area contributed by atoms with Gasteiger partial charge < -0.3 is 20.1 Å². The number of anilines is 1. The quantitative estimate of drug-likeness (QED) is 0.767. The van der Waals surface area contributed by atoms with E-state index in [1.165, 1.54) is 10.9 Å². The molecule has 0 radical (unpaired) electrons. The van der Waals surface area contributed by atoms with Crippen LogP contribution in [0.4, 0.5) is 5.69 Å². The van der Waals surface area contributed by atoms with Gasteiger partial charge in [0, 0.05) is 31.3 Å². The summed E-state index contributed by atoms with van der Waals surface area (Å²) in [4.78, 5) is 30.8. The molecule has 25 heavy (non-hydrogen) atoms. The van der Waals surface area contributed by atoms with Crippen molar-refractivity contribution in [1.82, 2.24) is 20.2 Å². The second-order valence-corrected chi connectivity index (χ2v) is 5.65. The number of aromatic nitrogens is 2. The van der Waals surface area contributed by atoms with Gasteiger partial charge in [-0.25, -0.2) is 4.98 Å². The second kappa shape index (κ2) is 5.79. The molecule has 7 heteroatoms. The fourth-order valence-electron chi connectivity index (χ4n) is 2.80. The number of rotatable bonds is 1. The third-order valence-corrected chi connectivity index (χ3v) is 4.04. The third kappa shape index (κ3) is 2.51. The van der Waals surface area contributed by atoms with E-state index in [2.05, 4.69) is 15.6 Å². The van der Waals surface area contributed by atoms with Crippen molar-refractivity contribution >= 4 is 22.5 Å². The van der Waals surface area contributed by atoms with E-state index >= 15 is 0 Å². The van der Waals surface area contributed by atoms with Crippen molar-refractivity contribution in [3.8, 4) is 0 Å². The van der Waals surface area contributed by atoms with Crippen LogP contribution in [0.15, 0.2) is 77.5 Å². The van der Waals surface area contributed by atoms with Gasteiger partial charge in [0.1, 0.15) is 5.70 Å². The van der Waals surface area contributed by atoms with Crippen LogP contribution < -0.4 is 21.1 Å². The maximum atomic E-state index is 12.4. The summed E-state index contributed by atoms with van der Waals surface area (Å²) < 4.78 is 1.43. The first-order valence-corrected chi connectivity index (χ1v) is 7.71. The Hall–Kier alpha value is -3.61. The molecule has 1 aromatic carbocycles. The third-order valence-electron chi connectivity index (χ3n) is 4.04. The van der Waals surface area contributed by atoms with Crippen LogP contribution in [0.1, 0.15) is 0 Å². The number of benzene rings is 1. The number of carbonyl (C=O) groups excluding carboxylic acids is 1. The molecule has 2 aromatic rings. The van der Waals surface area contributed by atoms with Crippen LogP contribution in [-0.2, 0) is 11.8 Å². The van der Waals surface area contributed by atoms with Crippen LogP contribution in [0.3, 0.4) is 0 Å². The Kier molecular flexibility index (Phi) is 3.46. The van der Waals surface area contributed by atoms with Crippen molar-refractivity contribution in [2.24, 2.45) is 7.05 Å². The summed E-state index contributed by atoms with van der Waals surface area (Å²) in [7, 11) is 1.66. The molecule has 0 bridgehead atoms. The zero-order valence-corrected chi connectivity index (χ0v) is 13.4. The molecule has 2 aliphatic rings. The number of allylic oxidation sites excluding steroid dienone is 3. The molecule has 2 aliphatic heterocycles. The molecule has 4 rings (SSSR count). The number of carbonyl (C=O) groups is 1. The molecule has 2 N–H and O–H groups in total. The van der Waals surface area contributed by atoms with Gasteiger partial charge in [-0.3, -0.25) is 9.59 Å². The van der Waals surface area contributed by atoms with Gasteiger partial charge in [-0.15, -0.1) is 0 Å². The van der Waals surface area contributed by atoms with E-state index in [1.807, 2.05) is 24.3 Å². The summed E-state index contributed by atoms with van der Waals surface area (Å²) in [5, 5.41) is 6.26. The summed E-state index contributed by atoms with van der Waals surface area (Å²) >= 11 is 0. The van der Waals surface area contributed by atoms with Crippen LogP contribution in [0.2, 0.25) is 0 Å². The van der Waals surface area contributed by atoms with Crippen LogP contribution in [0.5, 0.6) is 0 Å². The van der Waals surface area contributed by atoms with Gasteiger partial charge in [0.2, 0.25) is 0 Å². The van der Waals surface area contributed by atoms with Gasteiger partial charge in [-0.2, -0.15) is 0 Å². The summed E-state index contributed by atoms with van der Waals surface area (Å²) in [6, 6.07) is 5.36. The molecular formula is C18H15N5O2. The summed E-state index contributed by atoms with van der Waals surface area (Å²) in [5.74, 6) is -0.232. The Morgan fingerprint density at radius 3 is 2.76 bits per heavy atom. The molecule has 0 unspecified atom stereocenters. The first-order valence-electron chi connectivity index (χ1n) is 7.71. The molecule has 0 fully saturated rings. The number of dihydropyridines is 1. The van der Waals surface area contributed by atoms with Crippen molar-refractivity contribution in [3.05, 3.63) is 83.1 Å². The van der Waals surface area contributed by atoms with Crippen LogP contribution in [-0.4, -0.2) is 15.5 Å². The SMILES string of the molecule is Cn1cnc2ccc(N3C=CNC(=O)C3=C3C=CC=CN3)cc2c1=O. The van der Waals surface area contributed by atoms with Gasteiger partial charge >= 0.3 is 0 Å². The topological polar surface area (TPSA) is 79.3 Å². The monoisotopic (exact) mass is 333 g/mol. The van der Waals surface area contributed by atoms with Gasteiger partial charge in [-0.05, 0) is 30.4 Å². The predicted molar refractivity (Wildman–Crippen MR) is 95.2 cm³/mol. The highest BCUT2D eigenvalue weighted by Crippen LogP contribution is 2.26. The number of hydrogen-bond donors (Lipinski definition) is 2. The highest BCUT2D eigenvalue weighted by molar-refractivity contribution is 6.01. The first kappa shape index (κ1) is 14.9. The maximum absolute atomic E-state index is 12.4. The van der Waals surface area contributed by atoms with Gasteiger partial charge in [0.25, 0.3) is 11.5 Å². The largest absolute Gasteiger partial charge is 0.360 e. The van der Waals surface area contributed by atoms with E-state index in [-0.39, 0.29) is 11.5 Å². The number of nitrogens with zero attached hydrogens (tertiary/aromatic N) is 3. The summed E-state index contributed by atoms with van der Waals surface area (Å²) in [5.41, 5.74) is 2.30. The molecule has 0 saturated heterocycles. The Bertz CT molecular complexity index is 1060. The van der Waals surface area contributed by atoms with Gasteiger partial charge in [0.15, 0.2) is 0 Å². The van der Waals surface area contributed by atoms with E-state index in [4.69, 9.17) is 0 Å². The lowest BCUT2D eigenvalue weighted by Gasteiger charge is -2.28. The lowest BCUT2D eigenvalue weighted by molar-refractivity contribution is -0.116. The molecular weight excluding hydrogens is 318 g/mol. The van der Waals surface area contributed by atoms with E-state index in [0.29, 0.717) is 28.0 Å². The van der Waals surface area contributed by atoms with E-state index in [9.17, 15) is 9.59 Å². The van der Waals surface area contributed by atoms with E-state index in [0.717, 1.165) is 0 Å². The standard InChI is InChI=1S/C18H15N5O2/c1-22-11-21-14-6-5-12(10-13(14)18(22)25)23-9-8-20-17(24)16(23)15-4-2-3-7-19-15/h2-11,19H,1H3,(H,20,24). The van der Waals surface area contributed by atoms with Crippen molar-refractivity contribution in [3.63, 3.8) is 0 Å². The average molecular weight is 333 g/mol. The molecule has 0 saturated carbocycles. The van der Waals surface area contributed by atoms with Crippen molar-refractivity contribution in [2.75, 3.05) is 4.90 Å². The summed E-state index contributed by atoms with van der Waals surface area (Å²) in [6.07, 6.45) is 12.1. The molecule has 7 nitrogen and oxygen atoms in total. The normalized spacial score (nSPS) is 19.2. The minimum Gasteiger partial charge on any atom is -0.360 e. The fraction of sp³-hybridized carbons (Fsp3) is 0.0556. The van der Waals surface area contributed by atoms with Crippen LogP contribution in [0, 0.1) is 0 Å². The van der Waals surface area contributed by atoms with Crippen LogP contribution in [0.25, 0.3) is 10.9 Å². The zero-order valence-electron chi connectivity index (χ0n) is 13.4. The molecule has 0 atom stereocenters. The van der Waals surface area contributed by atoms with Crippen molar-refractivity contribution < 1.29 is 4.79 Å². The van der Waals surface area contributed by atoms with Gasteiger partial charge in [-0.1, -0.05) is 6.08 Å². The Morgan fingerprint density at radius 1 is 1.08 bits per heavy atom. The van der Waals surface area contributed by atoms with Crippen molar-refractivity contribution in [1.29, 1.82) is 0 Å². The maximum Gasteiger partial charge on any atom is 0.274 e. The van der Waals surface area contributed by atoms with E-state index in [1.54, 1.807) is 42.7 Å². The average Bonchev–Trinajstić information content (AvgIpc) is 2.65. The first-order chi connectivity index (χ1) is 12.1. The molecule has 0 aliphatic carbocycles. The predicted octanol–water partition coefficient (Wildman–Crippen LogP) is 1.23. The Morgan fingerprint density at radius 2 is 1.96 bits per heavy atom. The minimum absolute atomic E-state index is 0.134. The number of fused-ring (bicyclic) bond motifs is 1. The molecule has 1 amide bonds. The minimum atomic E-state index is -0.232. The molecule has 3 heterocycles. The molecule has 0 spiro atoms. The zero-order chi connectivity index (χ0) is 17.4. The number of aryl methyl sites for hydroxylation is 1. The molecule has 124 valence electrons. The Labute approximate surface area is 143 Å². The second-order valence-electron chi connectivity index (χ2n) is 5.65. The lowest BCUT2D eigenvalue weighted by Crippen LogP contribution is -2.37. The highest BCUT2D eigenvalue weighted by atomic mass is 16.2. The van der Waals surface area contributed by atoms with Gasteiger partial charge in [0.05, 0.1) is 22.9 Å². The number of hydrogen-bond acceptors (Lipinski definition) is 5. The lowest BCUT2D eigenvalue weighted by atomic mass is 10.1. The Balaban J connectivity index is 1.90. The van der Waals surface area contributed by atoms with Crippen molar-refractivity contribution in [2.45, 2.75) is 0 Å². The van der Waals surface area contributed by atoms with E-state index < -0.39 is 0 Å².